The van der Waals surface area contributed by atoms with Crippen molar-refractivity contribution in [3.63, 3.8) is 0 Å². The maximum atomic E-state index is 10.9. The molecule has 0 spiro atoms. The summed E-state index contributed by atoms with van der Waals surface area (Å²) in [6.45, 7) is 1.83. The van der Waals surface area contributed by atoms with Gasteiger partial charge in [0.2, 0.25) is 0 Å². The lowest BCUT2D eigenvalue weighted by atomic mass is 10.1. The Balaban J connectivity index is 2.84. The molecule has 5 nitrogen and oxygen atoms in total. The first-order valence-electron chi connectivity index (χ1n) is 4.75. The van der Waals surface area contributed by atoms with Gasteiger partial charge in [-0.25, -0.2) is 0 Å². The SMILES string of the molecule is Cc1c(C=O)n(C)c2cc([N+](=O)[O-])ccc12. The van der Waals surface area contributed by atoms with Gasteiger partial charge < -0.3 is 4.57 Å². The van der Waals surface area contributed by atoms with E-state index in [0.717, 1.165) is 17.2 Å². The third-order valence-corrected chi connectivity index (χ3v) is 2.81. The van der Waals surface area contributed by atoms with Crippen LogP contribution in [0.5, 0.6) is 0 Å². The van der Waals surface area contributed by atoms with Crippen LogP contribution in [0.2, 0.25) is 0 Å². The topological polar surface area (TPSA) is 65.1 Å². The van der Waals surface area contributed by atoms with Gasteiger partial charge in [-0.3, -0.25) is 14.9 Å². The Morgan fingerprint density at radius 3 is 2.69 bits per heavy atom. The molecule has 0 unspecified atom stereocenters. The number of benzene rings is 1. The Morgan fingerprint density at radius 2 is 2.12 bits per heavy atom. The van der Waals surface area contributed by atoms with Crippen molar-refractivity contribution in [2.75, 3.05) is 0 Å². The fourth-order valence-corrected chi connectivity index (χ4v) is 1.91. The Hall–Kier alpha value is -2.17. The molecule has 0 aliphatic rings. The van der Waals surface area contributed by atoms with Crippen molar-refractivity contribution in [2.24, 2.45) is 7.05 Å². The number of aryl methyl sites for hydroxylation is 2. The molecule has 0 atom stereocenters. The Morgan fingerprint density at radius 1 is 1.44 bits per heavy atom. The van der Waals surface area contributed by atoms with Gasteiger partial charge in [-0.05, 0) is 18.6 Å². The summed E-state index contributed by atoms with van der Waals surface area (Å²) in [5.41, 5.74) is 2.14. The third-order valence-electron chi connectivity index (χ3n) is 2.81. The maximum Gasteiger partial charge on any atom is 0.271 e. The molecule has 0 amide bonds. The summed E-state index contributed by atoms with van der Waals surface area (Å²) in [6.07, 6.45) is 0.765. The molecule has 16 heavy (non-hydrogen) atoms. The number of carbonyl (C=O) groups excluding carboxylic acids is 1. The highest BCUT2D eigenvalue weighted by Gasteiger charge is 2.14. The lowest BCUT2D eigenvalue weighted by Crippen LogP contribution is -1.95. The van der Waals surface area contributed by atoms with E-state index in [-0.39, 0.29) is 5.69 Å². The van der Waals surface area contributed by atoms with Crippen LogP contribution in [0.1, 0.15) is 16.1 Å². The van der Waals surface area contributed by atoms with Gasteiger partial charge in [-0.2, -0.15) is 0 Å². The quantitative estimate of drug-likeness (QED) is 0.441. The summed E-state index contributed by atoms with van der Waals surface area (Å²) >= 11 is 0. The Labute approximate surface area is 91.4 Å². The summed E-state index contributed by atoms with van der Waals surface area (Å²) in [5.74, 6) is 0. The summed E-state index contributed by atoms with van der Waals surface area (Å²) in [7, 11) is 1.72. The van der Waals surface area contributed by atoms with E-state index in [4.69, 9.17) is 0 Å². The molecule has 0 bridgehead atoms. The first-order chi connectivity index (χ1) is 7.56. The normalized spacial score (nSPS) is 10.6. The van der Waals surface area contributed by atoms with Crippen LogP contribution in [-0.4, -0.2) is 15.8 Å². The Bertz CT molecular complexity index is 599. The summed E-state index contributed by atoms with van der Waals surface area (Å²) < 4.78 is 1.67. The minimum atomic E-state index is -0.442. The Kier molecular flexibility index (Phi) is 2.23. The van der Waals surface area contributed by atoms with Gasteiger partial charge >= 0.3 is 0 Å². The second kappa shape index (κ2) is 3.44. The van der Waals surface area contributed by atoms with Crippen LogP contribution in [0.3, 0.4) is 0 Å². The van der Waals surface area contributed by atoms with E-state index in [0.29, 0.717) is 11.2 Å². The lowest BCUT2D eigenvalue weighted by Gasteiger charge is -1.97. The molecule has 1 heterocycles. The molecule has 1 aromatic heterocycles. The molecule has 0 saturated carbocycles. The zero-order valence-electron chi connectivity index (χ0n) is 8.93. The zero-order chi connectivity index (χ0) is 11.9. The van der Waals surface area contributed by atoms with E-state index in [1.807, 2.05) is 6.92 Å². The average Bonchev–Trinajstić information content (AvgIpc) is 2.51. The van der Waals surface area contributed by atoms with Crippen molar-refractivity contribution in [1.82, 2.24) is 4.57 Å². The number of hydrogen-bond acceptors (Lipinski definition) is 3. The highest BCUT2D eigenvalue weighted by atomic mass is 16.6. The van der Waals surface area contributed by atoms with Crippen LogP contribution in [0.25, 0.3) is 10.9 Å². The molecule has 0 saturated heterocycles. The van der Waals surface area contributed by atoms with Crippen molar-refractivity contribution in [2.45, 2.75) is 6.92 Å². The van der Waals surface area contributed by atoms with E-state index < -0.39 is 4.92 Å². The zero-order valence-corrected chi connectivity index (χ0v) is 8.93. The number of aldehydes is 1. The average molecular weight is 218 g/mol. The molecule has 0 N–H and O–H groups in total. The molecular weight excluding hydrogens is 208 g/mol. The standard InChI is InChI=1S/C11H10N2O3/c1-7-9-4-3-8(13(15)16)5-10(9)12(2)11(7)6-14/h3-6H,1-2H3. The number of nitro groups is 1. The minimum absolute atomic E-state index is 0.0329. The molecule has 1 aromatic carbocycles. The smallest absolute Gasteiger partial charge is 0.271 e. The van der Waals surface area contributed by atoms with Gasteiger partial charge in [-0.15, -0.1) is 0 Å². The van der Waals surface area contributed by atoms with Gasteiger partial charge in [0.25, 0.3) is 5.69 Å². The minimum Gasteiger partial charge on any atom is -0.341 e. The van der Waals surface area contributed by atoms with Crippen molar-refractivity contribution in [1.29, 1.82) is 0 Å². The van der Waals surface area contributed by atoms with Crippen LogP contribution in [0.4, 0.5) is 5.69 Å². The number of aromatic nitrogens is 1. The molecule has 0 radical (unpaired) electrons. The van der Waals surface area contributed by atoms with Gasteiger partial charge in [0.1, 0.15) is 0 Å². The molecule has 2 rings (SSSR count). The van der Waals surface area contributed by atoms with Gasteiger partial charge in [-0.1, -0.05) is 0 Å². The first-order valence-corrected chi connectivity index (χ1v) is 4.75. The number of nitrogens with zero attached hydrogens (tertiary/aromatic N) is 2. The fraction of sp³-hybridized carbons (Fsp3) is 0.182. The van der Waals surface area contributed by atoms with Crippen molar-refractivity contribution in [3.05, 3.63) is 39.6 Å². The number of non-ortho nitro benzene ring substituents is 1. The summed E-state index contributed by atoms with van der Waals surface area (Å²) in [4.78, 5) is 21.1. The number of fused-ring (bicyclic) bond motifs is 1. The molecule has 82 valence electrons. The molecule has 2 aromatic rings. The number of nitro benzene ring substituents is 1. The van der Waals surface area contributed by atoms with Gasteiger partial charge in [0.15, 0.2) is 6.29 Å². The van der Waals surface area contributed by atoms with E-state index in [9.17, 15) is 14.9 Å². The third kappa shape index (κ3) is 1.29. The molecular formula is C11H10N2O3. The predicted octanol–water partition coefficient (Wildman–Crippen LogP) is 2.21. The van der Waals surface area contributed by atoms with Crippen molar-refractivity contribution in [3.8, 4) is 0 Å². The molecule has 0 aliphatic heterocycles. The predicted molar refractivity (Wildman–Crippen MR) is 59.7 cm³/mol. The van der Waals surface area contributed by atoms with Crippen molar-refractivity contribution >= 4 is 22.9 Å². The number of carbonyl (C=O) groups is 1. The van der Waals surface area contributed by atoms with E-state index in [1.165, 1.54) is 12.1 Å². The lowest BCUT2D eigenvalue weighted by molar-refractivity contribution is -0.384. The van der Waals surface area contributed by atoms with Crippen LogP contribution in [-0.2, 0) is 7.05 Å². The van der Waals surface area contributed by atoms with Crippen LogP contribution in [0, 0.1) is 17.0 Å². The molecule has 5 heteroatoms. The van der Waals surface area contributed by atoms with Gasteiger partial charge in [0.05, 0.1) is 16.1 Å². The van der Waals surface area contributed by atoms with Gasteiger partial charge in [0, 0.05) is 24.6 Å². The van der Waals surface area contributed by atoms with Crippen LogP contribution >= 0.6 is 0 Å². The summed E-state index contributed by atoms with van der Waals surface area (Å²) in [6, 6.07) is 4.61. The maximum absolute atomic E-state index is 10.9. The van der Waals surface area contributed by atoms with Crippen molar-refractivity contribution < 1.29 is 9.72 Å². The van der Waals surface area contributed by atoms with Crippen LogP contribution in [0.15, 0.2) is 18.2 Å². The first kappa shape index (κ1) is 10.4. The van der Waals surface area contributed by atoms with E-state index >= 15 is 0 Å². The second-order valence-electron chi connectivity index (χ2n) is 3.65. The molecule has 0 fully saturated rings. The van der Waals surface area contributed by atoms with E-state index in [2.05, 4.69) is 0 Å². The molecule has 0 aliphatic carbocycles. The number of rotatable bonds is 2. The van der Waals surface area contributed by atoms with Crippen LogP contribution < -0.4 is 0 Å². The largest absolute Gasteiger partial charge is 0.341 e. The fourth-order valence-electron chi connectivity index (χ4n) is 1.91. The number of hydrogen-bond donors (Lipinski definition) is 0. The monoisotopic (exact) mass is 218 g/mol. The highest BCUT2D eigenvalue weighted by molar-refractivity contribution is 5.93. The second-order valence-corrected chi connectivity index (χ2v) is 3.65. The van der Waals surface area contributed by atoms with E-state index in [1.54, 1.807) is 17.7 Å². The highest BCUT2D eigenvalue weighted by Crippen LogP contribution is 2.27. The summed E-state index contributed by atoms with van der Waals surface area (Å²) in [5, 5.41) is 11.5.